The smallest absolute Gasteiger partial charge is 0.164 e. The molecule has 4 aromatic heterocycles. The van der Waals surface area contributed by atoms with Crippen LogP contribution in [0.1, 0.15) is 0 Å². The highest BCUT2D eigenvalue weighted by molar-refractivity contribution is 6.18. The number of benzene rings is 19. The van der Waals surface area contributed by atoms with E-state index in [1.165, 1.54) is 88.3 Å². The fraction of sp³-hybridized carbons (Fsp3) is 0. The molecule has 0 fully saturated rings. The van der Waals surface area contributed by atoms with Crippen molar-refractivity contribution in [3.8, 4) is 180 Å². The van der Waals surface area contributed by atoms with Crippen molar-refractivity contribution >= 4 is 43.6 Å². The number of nitrogens with zero attached hydrogens (tertiary/aromatic N) is 8. The number of hydrogen-bond donors (Lipinski definition) is 0. The summed E-state index contributed by atoms with van der Waals surface area (Å²) in [5, 5.41) is 4.73. The third kappa shape index (κ3) is 15.4. The average molecular weight is 1630 g/mol. The van der Waals surface area contributed by atoms with Gasteiger partial charge in [0.05, 0.1) is 22.1 Å². The van der Waals surface area contributed by atoms with E-state index in [0.717, 1.165) is 100 Å². The van der Waals surface area contributed by atoms with Gasteiger partial charge in [-0.2, -0.15) is 0 Å². The van der Waals surface area contributed by atoms with Gasteiger partial charge in [0.25, 0.3) is 0 Å². The van der Waals surface area contributed by atoms with E-state index in [0.29, 0.717) is 34.9 Å². The number of aromatic nitrogens is 8. The summed E-state index contributed by atoms with van der Waals surface area (Å²) in [5.41, 5.74) is 33.2. The second-order valence-corrected chi connectivity index (χ2v) is 32.1. The van der Waals surface area contributed by atoms with Gasteiger partial charge in [-0.1, -0.05) is 388 Å². The Morgan fingerprint density at radius 2 is 0.344 bits per heavy atom. The van der Waals surface area contributed by atoms with Gasteiger partial charge in [-0.3, -0.25) is 0 Å². The predicted octanol–water partition coefficient (Wildman–Crippen LogP) is 30.9. The summed E-state index contributed by atoms with van der Waals surface area (Å²) in [6, 6.07) is 172. The van der Waals surface area contributed by atoms with E-state index in [4.69, 9.17) is 29.9 Å². The maximum absolute atomic E-state index is 5.09. The van der Waals surface area contributed by atoms with E-state index in [1.54, 1.807) is 0 Å². The highest BCUT2D eigenvalue weighted by atomic mass is 15.0. The molecule has 0 N–H and O–H groups in total. The molecule has 0 radical (unpaired) electrons. The third-order valence-corrected chi connectivity index (χ3v) is 24.0. The zero-order valence-corrected chi connectivity index (χ0v) is 69.8. The van der Waals surface area contributed by atoms with Gasteiger partial charge in [0.2, 0.25) is 0 Å². The molecule has 0 aliphatic rings. The van der Waals surface area contributed by atoms with Crippen molar-refractivity contribution in [2.45, 2.75) is 0 Å². The van der Waals surface area contributed by atoms with Crippen molar-refractivity contribution in [2.75, 3.05) is 0 Å². The highest BCUT2D eigenvalue weighted by Crippen LogP contribution is 2.46. The summed E-state index contributed by atoms with van der Waals surface area (Å²) in [5.74, 6) is 3.81. The minimum Gasteiger partial charge on any atom is -0.309 e. The molecule has 8 heteroatoms. The summed E-state index contributed by atoms with van der Waals surface area (Å²) < 4.78 is 4.87. The molecule has 0 atom stereocenters. The molecule has 0 aliphatic heterocycles. The molecule has 0 saturated carbocycles. The Labute approximate surface area is 742 Å². The minimum absolute atomic E-state index is 0.624. The molecule has 0 spiro atoms. The average Bonchev–Trinajstić information content (AvgIpc) is 1.58. The molecule has 0 aliphatic carbocycles. The van der Waals surface area contributed by atoms with Crippen LogP contribution in [-0.4, -0.2) is 39.0 Å². The Morgan fingerprint density at radius 3 is 0.672 bits per heavy atom. The highest BCUT2D eigenvalue weighted by Gasteiger charge is 2.24. The van der Waals surface area contributed by atoms with Crippen LogP contribution in [-0.2, 0) is 0 Å². The maximum atomic E-state index is 5.09. The van der Waals surface area contributed by atoms with E-state index in [-0.39, 0.29) is 0 Å². The lowest BCUT2D eigenvalue weighted by Crippen LogP contribution is -2.00. The van der Waals surface area contributed by atoms with E-state index < -0.39 is 0 Å². The Kier molecular flexibility index (Phi) is 20.6. The van der Waals surface area contributed by atoms with Gasteiger partial charge in [0.1, 0.15) is 0 Å². The van der Waals surface area contributed by atoms with E-state index in [9.17, 15) is 0 Å². The molecule has 0 bridgehead atoms. The third-order valence-electron chi connectivity index (χ3n) is 24.0. The van der Waals surface area contributed by atoms with Crippen LogP contribution in [0.25, 0.3) is 223 Å². The molecule has 23 aromatic rings. The van der Waals surface area contributed by atoms with Crippen molar-refractivity contribution < 1.29 is 0 Å². The first-order valence-corrected chi connectivity index (χ1v) is 43.3. The van der Waals surface area contributed by atoms with Gasteiger partial charge >= 0.3 is 0 Å². The molecule has 0 saturated heterocycles. The topological polar surface area (TPSA) is 87.2 Å². The Balaban J connectivity index is 0.000000151. The molecular formula is C120H80N8. The van der Waals surface area contributed by atoms with Gasteiger partial charge in [0, 0.05) is 66.3 Å². The second-order valence-electron chi connectivity index (χ2n) is 32.1. The first kappa shape index (κ1) is 76.9. The SMILES string of the molecule is c1ccc(-c2cc(-c3ccccc3)cc(-c3cccc(-n4c5ccc(-c6ccccc6)cc5c5c(-c6cccc(-c7nc(-c8ccccc8)nc(-c8ccccc8)n7)c6)cccc54)c3)c2)cc1.c1ccc(-c2cc(-c3ccccc3)cc(-n3c4ccc(-c5ccccc5)cc4c4c(-c5cccc(-c6nc(-c7ccccc7)nc(-c7ccccc7)n6)c5)cccc43)c2)cc1. The lowest BCUT2D eigenvalue weighted by atomic mass is 9.93. The van der Waals surface area contributed by atoms with Crippen molar-refractivity contribution in [3.63, 3.8) is 0 Å². The van der Waals surface area contributed by atoms with Crippen molar-refractivity contribution in [3.05, 3.63) is 485 Å². The molecule has 0 amide bonds. The second kappa shape index (κ2) is 34.3. The molecule has 600 valence electrons. The van der Waals surface area contributed by atoms with Gasteiger partial charge in [-0.05, 0) is 197 Å². The van der Waals surface area contributed by atoms with Crippen LogP contribution < -0.4 is 0 Å². The lowest BCUT2D eigenvalue weighted by Gasteiger charge is -2.14. The van der Waals surface area contributed by atoms with Crippen LogP contribution in [0.4, 0.5) is 0 Å². The molecular weight excluding hydrogens is 1550 g/mol. The summed E-state index contributed by atoms with van der Waals surface area (Å²) in [6.45, 7) is 0. The molecule has 23 rings (SSSR count). The first-order valence-electron chi connectivity index (χ1n) is 43.3. The number of rotatable bonds is 17. The van der Waals surface area contributed by atoms with Crippen molar-refractivity contribution in [1.29, 1.82) is 0 Å². The monoisotopic (exact) mass is 1630 g/mol. The van der Waals surface area contributed by atoms with Crippen LogP contribution >= 0.6 is 0 Å². The van der Waals surface area contributed by atoms with Crippen LogP contribution in [0.5, 0.6) is 0 Å². The molecule has 4 heterocycles. The minimum atomic E-state index is 0.624. The van der Waals surface area contributed by atoms with Gasteiger partial charge in [0.15, 0.2) is 34.9 Å². The zero-order valence-electron chi connectivity index (χ0n) is 69.8. The van der Waals surface area contributed by atoms with Crippen LogP contribution in [0.15, 0.2) is 485 Å². The molecule has 128 heavy (non-hydrogen) atoms. The van der Waals surface area contributed by atoms with Crippen molar-refractivity contribution in [1.82, 2.24) is 39.0 Å². The Bertz CT molecular complexity index is 7760. The summed E-state index contributed by atoms with van der Waals surface area (Å²) in [7, 11) is 0. The van der Waals surface area contributed by atoms with Gasteiger partial charge < -0.3 is 9.13 Å². The molecule has 8 nitrogen and oxygen atoms in total. The van der Waals surface area contributed by atoms with Crippen LogP contribution in [0, 0.1) is 0 Å². The number of fused-ring (bicyclic) bond motifs is 6. The normalized spacial score (nSPS) is 11.3. The lowest BCUT2D eigenvalue weighted by molar-refractivity contribution is 1.07. The Hall–Kier alpha value is -17.2. The first-order chi connectivity index (χ1) is 63.4. The van der Waals surface area contributed by atoms with E-state index in [2.05, 4.69) is 373 Å². The summed E-state index contributed by atoms with van der Waals surface area (Å²) in [4.78, 5) is 30.2. The van der Waals surface area contributed by atoms with E-state index in [1.807, 2.05) is 121 Å². The van der Waals surface area contributed by atoms with Crippen LogP contribution in [0.2, 0.25) is 0 Å². The predicted molar refractivity (Wildman–Crippen MR) is 530 cm³/mol. The standard InChI is InChI=1S/C63H42N4.C57H38N4/c1-6-19-43(20-7-1)49-35-36-58-57(42-49)60-56(50-30-16-31-51(37-50)63-65-61(46-25-12-4-13-26-46)64-62(66-63)47-27-14-5-15-28-47)33-18-34-59(60)67(58)55-32-17-29-48(41-55)54-39-52(44-21-8-2-9-22-44)38-53(40-54)45-23-10-3-11-24-45;1-6-18-39(19-7-1)44-32-33-52-51(38-44)54-50(30-17-31-53(54)61(52)49-36-47(40-20-8-2-9-21-40)35-48(37-49)41-22-10-3-11-23-41)45-28-16-29-46(34-45)57-59-55(42-24-12-4-13-25-42)58-56(60-57)43-26-14-5-15-27-43/h1-42H;1-38H. The Morgan fingerprint density at radius 1 is 0.125 bits per heavy atom. The zero-order chi connectivity index (χ0) is 85.1. The van der Waals surface area contributed by atoms with Gasteiger partial charge in [-0.25, -0.2) is 29.9 Å². The van der Waals surface area contributed by atoms with Gasteiger partial charge in [-0.15, -0.1) is 0 Å². The van der Waals surface area contributed by atoms with Crippen LogP contribution in [0.3, 0.4) is 0 Å². The maximum Gasteiger partial charge on any atom is 0.164 e. The summed E-state index contributed by atoms with van der Waals surface area (Å²) >= 11 is 0. The largest absolute Gasteiger partial charge is 0.309 e. The van der Waals surface area contributed by atoms with Crippen molar-refractivity contribution in [2.24, 2.45) is 0 Å². The molecule has 0 unspecified atom stereocenters. The fourth-order valence-electron chi connectivity index (χ4n) is 17.9. The molecule has 19 aromatic carbocycles. The summed E-state index contributed by atoms with van der Waals surface area (Å²) in [6.07, 6.45) is 0. The fourth-order valence-corrected chi connectivity index (χ4v) is 17.9. The van der Waals surface area contributed by atoms with E-state index >= 15 is 0 Å². The quantitative estimate of drug-likeness (QED) is 0.0903. The number of hydrogen-bond acceptors (Lipinski definition) is 6.